The molecule has 2 aromatic carbocycles. The SMILES string of the molecule is CCN(CC)S(=O)(=O)c1ccc(C)c(NC(=O)Cc2csc(-c3ccc(OC)cc3)n2)c1. The van der Waals surface area contributed by atoms with Crippen molar-refractivity contribution >= 4 is 33.0 Å². The van der Waals surface area contributed by atoms with E-state index in [-0.39, 0.29) is 17.2 Å². The minimum Gasteiger partial charge on any atom is -0.497 e. The molecule has 0 unspecified atom stereocenters. The number of benzene rings is 2. The predicted octanol–water partition coefficient (Wildman–Crippen LogP) is 4.34. The number of sulfonamides is 1. The molecule has 1 aromatic heterocycles. The van der Waals surface area contributed by atoms with E-state index in [0.29, 0.717) is 24.5 Å². The first-order chi connectivity index (χ1) is 15.3. The van der Waals surface area contributed by atoms with Crippen molar-refractivity contribution in [2.45, 2.75) is 32.1 Å². The molecule has 0 fully saturated rings. The summed E-state index contributed by atoms with van der Waals surface area (Å²) in [6.07, 6.45) is 0.0963. The Balaban J connectivity index is 1.73. The molecule has 0 saturated carbocycles. The second-order valence-electron chi connectivity index (χ2n) is 7.16. The van der Waals surface area contributed by atoms with Crippen LogP contribution in [0.4, 0.5) is 5.69 Å². The molecule has 0 bridgehead atoms. The third-order valence-corrected chi connectivity index (χ3v) is 8.04. The summed E-state index contributed by atoms with van der Waals surface area (Å²) in [5.41, 5.74) is 2.87. The van der Waals surface area contributed by atoms with Gasteiger partial charge in [-0.1, -0.05) is 19.9 Å². The van der Waals surface area contributed by atoms with Gasteiger partial charge in [0, 0.05) is 29.7 Å². The first-order valence-corrected chi connectivity index (χ1v) is 12.6. The highest BCUT2D eigenvalue weighted by molar-refractivity contribution is 7.89. The Morgan fingerprint density at radius 2 is 1.81 bits per heavy atom. The Morgan fingerprint density at radius 3 is 2.44 bits per heavy atom. The van der Waals surface area contributed by atoms with Gasteiger partial charge in [-0.2, -0.15) is 4.31 Å². The lowest BCUT2D eigenvalue weighted by Crippen LogP contribution is -2.30. The van der Waals surface area contributed by atoms with E-state index in [4.69, 9.17) is 4.74 Å². The third-order valence-electron chi connectivity index (χ3n) is 5.06. The van der Waals surface area contributed by atoms with Gasteiger partial charge in [-0.05, 0) is 48.9 Å². The number of carbonyl (C=O) groups is 1. The highest BCUT2D eigenvalue weighted by Crippen LogP contribution is 2.27. The molecule has 0 atom stereocenters. The number of nitrogens with zero attached hydrogens (tertiary/aromatic N) is 2. The highest BCUT2D eigenvalue weighted by Gasteiger charge is 2.22. The van der Waals surface area contributed by atoms with Gasteiger partial charge in [0.05, 0.1) is 24.1 Å². The number of aromatic nitrogens is 1. The van der Waals surface area contributed by atoms with Crippen LogP contribution in [-0.4, -0.2) is 43.8 Å². The van der Waals surface area contributed by atoms with Crippen LogP contribution in [0.1, 0.15) is 25.1 Å². The van der Waals surface area contributed by atoms with Gasteiger partial charge < -0.3 is 10.1 Å². The molecule has 0 aliphatic carbocycles. The van der Waals surface area contributed by atoms with Crippen LogP contribution in [0.25, 0.3) is 10.6 Å². The zero-order valence-electron chi connectivity index (χ0n) is 18.6. The fourth-order valence-corrected chi connectivity index (χ4v) is 5.53. The summed E-state index contributed by atoms with van der Waals surface area (Å²) in [7, 11) is -1.99. The molecule has 9 heteroatoms. The summed E-state index contributed by atoms with van der Waals surface area (Å²) in [6.45, 7) is 6.19. The molecule has 1 amide bonds. The molecule has 0 saturated heterocycles. The lowest BCUT2D eigenvalue weighted by atomic mass is 10.2. The number of ether oxygens (including phenoxy) is 1. The normalized spacial score (nSPS) is 11.5. The van der Waals surface area contributed by atoms with Gasteiger partial charge in [-0.25, -0.2) is 13.4 Å². The van der Waals surface area contributed by atoms with Crippen molar-refractivity contribution in [3.63, 3.8) is 0 Å². The van der Waals surface area contributed by atoms with E-state index in [0.717, 1.165) is 21.9 Å². The lowest BCUT2D eigenvalue weighted by Gasteiger charge is -2.19. The summed E-state index contributed by atoms with van der Waals surface area (Å²) in [4.78, 5) is 17.4. The number of carbonyl (C=O) groups excluding carboxylic acids is 1. The molecule has 3 aromatic rings. The Labute approximate surface area is 193 Å². The van der Waals surface area contributed by atoms with Crippen molar-refractivity contribution in [1.82, 2.24) is 9.29 Å². The van der Waals surface area contributed by atoms with Crippen LogP contribution in [0, 0.1) is 6.92 Å². The molecule has 170 valence electrons. The fourth-order valence-electron chi connectivity index (χ4n) is 3.22. The number of rotatable bonds is 9. The maximum atomic E-state index is 12.8. The second kappa shape index (κ2) is 10.2. The number of aryl methyl sites for hydroxylation is 1. The van der Waals surface area contributed by atoms with E-state index >= 15 is 0 Å². The Hall–Kier alpha value is -2.75. The molecular formula is C23H27N3O4S2. The molecule has 32 heavy (non-hydrogen) atoms. The van der Waals surface area contributed by atoms with Crippen LogP contribution in [0.15, 0.2) is 52.7 Å². The summed E-state index contributed by atoms with van der Waals surface area (Å²) in [5.74, 6) is 0.516. The van der Waals surface area contributed by atoms with Gasteiger partial charge in [0.25, 0.3) is 0 Å². The maximum absolute atomic E-state index is 12.8. The van der Waals surface area contributed by atoms with E-state index in [1.165, 1.54) is 21.7 Å². The Morgan fingerprint density at radius 1 is 1.12 bits per heavy atom. The topological polar surface area (TPSA) is 88.6 Å². The molecule has 1 heterocycles. The van der Waals surface area contributed by atoms with E-state index in [1.807, 2.05) is 36.6 Å². The van der Waals surface area contributed by atoms with Crippen molar-refractivity contribution in [2.24, 2.45) is 0 Å². The smallest absolute Gasteiger partial charge is 0.243 e. The van der Waals surface area contributed by atoms with Crippen LogP contribution in [0.3, 0.4) is 0 Å². The first-order valence-electron chi connectivity index (χ1n) is 10.3. The molecule has 0 aliphatic rings. The van der Waals surface area contributed by atoms with E-state index < -0.39 is 10.0 Å². The van der Waals surface area contributed by atoms with Crippen LogP contribution < -0.4 is 10.1 Å². The summed E-state index contributed by atoms with van der Waals surface area (Å²) in [5, 5.41) is 5.51. The van der Waals surface area contributed by atoms with Crippen LogP contribution in [-0.2, 0) is 21.2 Å². The van der Waals surface area contributed by atoms with Gasteiger partial charge in [-0.3, -0.25) is 4.79 Å². The molecule has 0 spiro atoms. The van der Waals surface area contributed by atoms with Gasteiger partial charge in [0.15, 0.2) is 0 Å². The fraction of sp³-hybridized carbons (Fsp3) is 0.304. The van der Waals surface area contributed by atoms with Gasteiger partial charge in [0.1, 0.15) is 10.8 Å². The van der Waals surface area contributed by atoms with Crippen LogP contribution >= 0.6 is 11.3 Å². The predicted molar refractivity (Wildman–Crippen MR) is 128 cm³/mol. The lowest BCUT2D eigenvalue weighted by molar-refractivity contribution is -0.115. The number of hydrogen-bond acceptors (Lipinski definition) is 6. The van der Waals surface area contributed by atoms with Crippen molar-refractivity contribution < 1.29 is 17.9 Å². The average molecular weight is 474 g/mol. The number of nitrogens with one attached hydrogen (secondary N) is 1. The van der Waals surface area contributed by atoms with Crippen molar-refractivity contribution in [1.29, 1.82) is 0 Å². The number of amides is 1. The quantitative estimate of drug-likeness (QED) is 0.499. The van der Waals surface area contributed by atoms with Crippen molar-refractivity contribution in [2.75, 3.05) is 25.5 Å². The molecule has 0 radical (unpaired) electrons. The van der Waals surface area contributed by atoms with Crippen molar-refractivity contribution in [3.05, 3.63) is 59.1 Å². The van der Waals surface area contributed by atoms with E-state index in [2.05, 4.69) is 10.3 Å². The summed E-state index contributed by atoms with van der Waals surface area (Å²) >= 11 is 1.46. The summed E-state index contributed by atoms with van der Waals surface area (Å²) < 4.78 is 32.2. The standard InChI is InChI=1S/C23H27N3O4S2/c1-5-26(6-2)32(28,29)20-12-7-16(3)21(14-20)25-22(27)13-18-15-31-23(24-18)17-8-10-19(30-4)11-9-17/h7-12,14-15H,5-6,13H2,1-4H3,(H,25,27). The highest BCUT2D eigenvalue weighted by atomic mass is 32.2. The first kappa shape index (κ1) is 23.9. The number of thiazole rings is 1. The average Bonchev–Trinajstić information content (AvgIpc) is 3.24. The Bertz CT molecular complexity index is 1180. The minimum absolute atomic E-state index is 0.0963. The molecule has 3 rings (SSSR count). The third kappa shape index (κ3) is 5.35. The van der Waals surface area contributed by atoms with Gasteiger partial charge in [-0.15, -0.1) is 11.3 Å². The van der Waals surface area contributed by atoms with Crippen LogP contribution in [0.5, 0.6) is 5.75 Å². The maximum Gasteiger partial charge on any atom is 0.243 e. The second-order valence-corrected chi connectivity index (χ2v) is 9.96. The Kier molecular flexibility index (Phi) is 7.65. The van der Waals surface area contributed by atoms with Crippen molar-refractivity contribution in [3.8, 4) is 16.3 Å². The van der Waals surface area contributed by atoms with E-state index in [9.17, 15) is 13.2 Å². The van der Waals surface area contributed by atoms with E-state index in [1.54, 1.807) is 33.1 Å². The molecule has 1 N–H and O–H groups in total. The largest absolute Gasteiger partial charge is 0.497 e. The van der Waals surface area contributed by atoms with Gasteiger partial charge >= 0.3 is 0 Å². The molecule has 0 aliphatic heterocycles. The molecular weight excluding hydrogens is 446 g/mol. The summed E-state index contributed by atoms with van der Waals surface area (Å²) in [6, 6.07) is 12.4. The number of methoxy groups -OCH3 is 1. The number of hydrogen-bond donors (Lipinski definition) is 1. The minimum atomic E-state index is -3.61. The van der Waals surface area contributed by atoms with Crippen LogP contribution in [0.2, 0.25) is 0 Å². The monoisotopic (exact) mass is 473 g/mol. The zero-order chi connectivity index (χ0) is 23.3. The molecule has 7 nitrogen and oxygen atoms in total. The van der Waals surface area contributed by atoms with Gasteiger partial charge in [0.2, 0.25) is 15.9 Å². The zero-order valence-corrected chi connectivity index (χ0v) is 20.2. The number of anilines is 1.